The Morgan fingerprint density at radius 2 is 1.86 bits per heavy atom. The molecule has 146 valence electrons. The van der Waals surface area contributed by atoms with E-state index in [4.69, 9.17) is 8.83 Å². The average molecular weight is 408 g/mol. The van der Waals surface area contributed by atoms with Crippen LogP contribution in [0.15, 0.2) is 74.3 Å². The quantitative estimate of drug-likeness (QED) is 0.387. The Balaban J connectivity index is 1.55. The van der Waals surface area contributed by atoms with Crippen LogP contribution in [0.1, 0.15) is 17.1 Å². The van der Waals surface area contributed by atoms with Crippen LogP contribution in [0, 0.1) is 6.92 Å². The van der Waals surface area contributed by atoms with Gasteiger partial charge >= 0.3 is 6.03 Å². The van der Waals surface area contributed by atoms with Gasteiger partial charge in [-0.3, -0.25) is 14.9 Å². The first-order valence-corrected chi connectivity index (χ1v) is 9.73. The minimum absolute atomic E-state index is 0.179. The highest BCUT2D eigenvalue weighted by Crippen LogP contribution is 2.27. The number of carbonyl (C=O) groups is 3. The lowest BCUT2D eigenvalue weighted by molar-refractivity contribution is -0.122. The Morgan fingerprint density at radius 3 is 2.59 bits per heavy atom. The van der Waals surface area contributed by atoms with Crippen LogP contribution in [0.2, 0.25) is 0 Å². The van der Waals surface area contributed by atoms with Crippen molar-refractivity contribution >= 4 is 41.4 Å². The summed E-state index contributed by atoms with van der Waals surface area (Å²) in [4.78, 5) is 38.2. The van der Waals surface area contributed by atoms with Gasteiger partial charge in [0.05, 0.1) is 17.7 Å². The van der Waals surface area contributed by atoms with E-state index < -0.39 is 17.8 Å². The van der Waals surface area contributed by atoms with Crippen LogP contribution in [0.5, 0.6) is 0 Å². The minimum atomic E-state index is -0.782. The molecular formula is C21H16N2O5S. The standard InChI is InChI=1S/C21H16N2O5S/c1-13-4-6-14(7-5-13)23-20(25)17(19(24)22-21(23)26)11-15-8-9-18(28-15)29-12-16-3-2-10-27-16/h2-11H,12H2,1H3,(H,22,24,26)/b17-11-. The van der Waals surface area contributed by atoms with Gasteiger partial charge in [-0.2, -0.15) is 0 Å². The third kappa shape index (κ3) is 4.02. The van der Waals surface area contributed by atoms with Gasteiger partial charge in [-0.25, -0.2) is 9.69 Å². The molecule has 0 saturated carbocycles. The van der Waals surface area contributed by atoms with E-state index in [0.29, 0.717) is 22.3 Å². The number of barbiturate groups is 1. The zero-order valence-electron chi connectivity index (χ0n) is 15.4. The Labute approximate surface area is 170 Å². The molecule has 4 rings (SSSR count). The van der Waals surface area contributed by atoms with Gasteiger partial charge in [0.25, 0.3) is 11.8 Å². The predicted molar refractivity (Wildman–Crippen MR) is 107 cm³/mol. The monoisotopic (exact) mass is 408 g/mol. The van der Waals surface area contributed by atoms with Crippen molar-refractivity contribution in [2.75, 3.05) is 4.90 Å². The Kier molecular flexibility index (Phi) is 5.09. The summed E-state index contributed by atoms with van der Waals surface area (Å²) in [6.07, 6.45) is 2.94. The molecule has 8 heteroatoms. The van der Waals surface area contributed by atoms with E-state index in [9.17, 15) is 14.4 Å². The molecule has 3 heterocycles. The molecule has 7 nitrogen and oxygen atoms in total. The first-order chi connectivity index (χ1) is 14.0. The first-order valence-electron chi connectivity index (χ1n) is 8.74. The average Bonchev–Trinajstić information content (AvgIpc) is 3.36. The largest absolute Gasteiger partial charge is 0.468 e. The zero-order chi connectivity index (χ0) is 20.4. The van der Waals surface area contributed by atoms with Crippen molar-refractivity contribution in [1.82, 2.24) is 5.32 Å². The van der Waals surface area contributed by atoms with Crippen LogP contribution in [0.25, 0.3) is 6.08 Å². The number of hydrogen-bond donors (Lipinski definition) is 1. The summed E-state index contributed by atoms with van der Waals surface area (Å²) in [6.45, 7) is 1.90. The van der Waals surface area contributed by atoms with Crippen molar-refractivity contribution in [2.45, 2.75) is 17.8 Å². The van der Waals surface area contributed by atoms with E-state index >= 15 is 0 Å². The number of furan rings is 2. The Morgan fingerprint density at radius 1 is 1.07 bits per heavy atom. The van der Waals surface area contributed by atoms with Crippen LogP contribution in [-0.4, -0.2) is 17.8 Å². The fraction of sp³-hybridized carbons (Fsp3) is 0.0952. The molecule has 1 saturated heterocycles. The van der Waals surface area contributed by atoms with Gasteiger partial charge in [0.2, 0.25) is 0 Å². The molecule has 1 aliphatic heterocycles. The lowest BCUT2D eigenvalue weighted by Gasteiger charge is -2.26. The summed E-state index contributed by atoms with van der Waals surface area (Å²) in [5.41, 5.74) is 1.19. The molecular weight excluding hydrogens is 392 g/mol. The van der Waals surface area contributed by atoms with E-state index in [1.165, 1.54) is 17.8 Å². The number of anilines is 1. The van der Waals surface area contributed by atoms with Gasteiger partial charge in [0.15, 0.2) is 5.09 Å². The van der Waals surface area contributed by atoms with Gasteiger partial charge in [-0.1, -0.05) is 29.5 Å². The van der Waals surface area contributed by atoms with E-state index in [1.807, 2.05) is 19.1 Å². The van der Waals surface area contributed by atoms with Gasteiger partial charge < -0.3 is 8.83 Å². The van der Waals surface area contributed by atoms with Crippen LogP contribution >= 0.6 is 11.8 Å². The molecule has 3 aromatic rings. The van der Waals surface area contributed by atoms with Gasteiger partial charge in [-0.15, -0.1) is 0 Å². The number of nitrogens with zero attached hydrogens (tertiary/aromatic N) is 1. The van der Waals surface area contributed by atoms with Crippen molar-refractivity contribution in [3.63, 3.8) is 0 Å². The summed E-state index contributed by atoms with van der Waals surface area (Å²) in [5, 5.41) is 2.81. The van der Waals surface area contributed by atoms with E-state index in [0.717, 1.165) is 16.2 Å². The molecule has 0 bridgehead atoms. The van der Waals surface area contributed by atoms with Crippen molar-refractivity contribution in [3.05, 3.63) is 77.5 Å². The fourth-order valence-corrected chi connectivity index (χ4v) is 3.52. The number of urea groups is 1. The van der Waals surface area contributed by atoms with Gasteiger partial charge in [0.1, 0.15) is 17.1 Å². The molecule has 1 aromatic carbocycles. The number of thioether (sulfide) groups is 1. The zero-order valence-corrected chi connectivity index (χ0v) is 16.2. The lowest BCUT2D eigenvalue weighted by Crippen LogP contribution is -2.54. The summed E-state index contributed by atoms with van der Waals surface area (Å²) >= 11 is 1.42. The van der Waals surface area contributed by atoms with Crippen molar-refractivity contribution in [3.8, 4) is 0 Å². The summed E-state index contributed by atoms with van der Waals surface area (Å²) in [7, 11) is 0. The first kappa shape index (κ1) is 18.8. The summed E-state index contributed by atoms with van der Waals surface area (Å²) < 4.78 is 10.9. The second-order valence-electron chi connectivity index (χ2n) is 6.32. The molecule has 1 fully saturated rings. The van der Waals surface area contributed by atoms with E-state index in [-0.39, 0.29) is 5.57 Å². The number of rotatable bonds is 5. The molecule has 1 aliphatic rings. The second kappa shape index (κ2) is 7.84. The van der Waals surface area contributed by atoms with E-state index in [2.05, 4.69) is 5.32 Å². The number of carbonyl (C=O) groups excluding carboxylic acids is 3. The third-order valence-electron chi connectivity index (χ3n) is 4.22. The number of imide groups is 2. The molecule has 1 N–H and O–H groups in total. The second-order valence-corrected chi connectivity index (χ2v) is 7.30. The molecule has 0 aliphatic carbocycles. The maximum Gasteiger partial charge on any atom is 0.335 e. The normalized spacial score (nSPS) is 15.8. The highest BCUT2D eigenvalue weighted by Gasteiger charge is 2.37. The third-order valence-corrected chi connectivity index (χ3v) is 5.15. The van der Waals surface area contributed by atoms with Crippen molar-refractivity contribution in [1.29, 1.82) is 0 Å². The maximum absolute atomic E-state index is 12.8. The summed E-state index contributed by atoms with van der Waals surface area (Å²) in [6, 6.07) is 13.2. The number of benzene rings is 1. The van der Waals surface area contributed by atoms with Gasteiger partial charge in [-0.05, 0) is 49.4 Å². The molecule has 0 radical (unpaired) electrons. The SMILES string of the molecule is Cc1ccc(N2C(=O)NC(=O)/C(=C/c3ccc(SCc4ccco4)o3)C2=O)cc1. The van der Waals surface area contributed by atoms with E-state index in [1.54, 1.807) is 42.7 Å². The topological polar surface area (TPSA) is 92.8 Å². The minimum Gasteiger partial charge on any atom is -0.468 e. The van der Waals surface area contributed by atoms with Crippen LogP contribution in [0.4, 0.5) is 10.5 Å². The fourth-order valence-electron chi connectivity index (χ4n) is 2.75. The number of amides is 4. The van der Waals surface area contributed by atoms with Crippen LogP contribution in [0.3, 0.4) is 0 Å². The highest BCUT2D eigenvalue weighted by atomic mass is 32.2. The van der Waals surface area contributed by atoms with Crippen LogP contribution in [-0.2, 0) is 15.3 Å². The molecule has 29 heavy (non-hydrogen) atoms. The molecule has 0 spiro atoms. The lowest BCUT2D eigenvalue weighted by atomic mass is 10.1. The number of nitrogens with one attached hydrogen (secondary N) is 1. The predicted octanol–water partition coefficient (Wildman–Crippen LogP) is 4.14. The summed E-state index contributed by atoms with van der Waals surface area (Å²) in [5.74, 6) is 0.267. The smallest absolute Gasteiger partial charge is 0.335 e. The van der Waals surface area contributed by atoms with Crippen molar-refractivity contribution < 1.29 is 23.2 Å². The Hall–Kier alpha value is -3.52. The molecule has 4 amide bonds. The van der Waals surface area contributed by atoms with Crippen LogP contribution < -0.4 is 10.2 Å². The molecule has 0 atom stereocenters. The number of aryl methyl sites for hydroxylation is 1. The Bertz CT molecular complexity index is 1100. The molecule has 2 aromatic heterocycles. The number of hydrogen-bond acceptors (Lipinski definition) is 6. The molecule has 0 unspecified atom stereocenters. The van der Waals surface area contributed by atoms with Gasteiger partial charge in [0, 0.05) is 0 Å². The van der Waals surface area contributed by atoms with Crippen molar-refractivity contribution in [2.24, 2.45) is 0 Å². The maximum atomic E-state index is 12.8. The highest BCUT2D eigenvalue weighted by molar-refractivity contribution is 7.98.